The van der Waals surface area contributed by atoms with Crippen LogP contribution in [0.25, 0.3) is 0 Å². The maximum absolute atomic E-state index is 14.5. The van der Waals surface area contributed by atoms with Gasteiger partial charge in [-0.3, -0.25) is 4.79 Å². The largest absolute Gasteiger partial charge is 0.381 e. The van der Waals surface area contributed by atoms with Crippen LogP contribution in [-0.4, -0.2) is 12.3 Å². The molecular weight excluding hydrogens is 373 g/mol. The highest BCUT2D eigenvalue weighted by atomic mass is 19.1. The molecule has 1 heterocycles. The number of carbonyl (C=O) groups excluding carboxylic acids is 1. The summed E-state index contributed by atoms with van der Waals surface area (Å²) in [6.07, 6.45) is 12.4. The predicted molar refractivity (Wildman–Crippen MR) is 121 cm³/mol. The van der Waals surface area contributed by atoms with Crippen LogP contribution in [0.15, 0.2) is 53.3 Å². The van der Waals surface area contributed by atoms with Gasteiger partial charge >= 0.3 is 0 Å². The molecule has 2 unspecified atom stereocenters. The van der Waals surface area contributed by atoms with Crippen LogP contribution in [0.2, 0.25) is 0 Å². The summed E-state index contributed by atoms with van der Waals surface area (Å²) in [5.41, 5.74) is 5.30. The summed E-state index contributed by atoms with van der Waals surface area (Å²) in [4.78, 5) is 12.5. The van der Waals surface area contributed by atoms with Crippen molar-refractivity contribution in [3.63, 3.8) is 0 Å². The van der Waals surface area contributed by atoms with Gasteiger partial charge in [0.05, 0.1) is 0 Å². The normalized spacial score (nSPS) is 24.1. The van der Waals surface area contributed by atoms with Crippen LogP contribution in [0.3, 0.4) is 0 Å². The second-order valence-corrected chi connectivity index (χ2v) is 9.54. The number of hydrogen-bond donors (Lipinski definition) is 1. The third kappa shape index (κ3) is 4.61. The van der Waals surface area contributed by atoms with Crippen LogP contribution in [0.4, 0.5) is 4.39 Å². The molecule has 0 radical (unpaired) electrons. The summed E-state index contributed by atoms with van der Waals surface area (Å²) < 4.78 is 14.5. The van der Waals surface area contributed by atoms with E-state index < -0.39 is 0 Å². The molecule has 30 heavy (non-hydrogen) atoms. The monoisotopic (exact) mass is 407 g/mol. The number of halogens is 1. The molecule has 2 atom stereocenters. The Labute approximate surface area is 180 Å². The highest BCUT2D eigenvalue weighted by molar-refractivity contribution is 5.98. The zero-order valence-electron chi connectivity index (χ0n) is 18.5. The van der Waals surface area contributed by atoms with Crippen molar-refractivity contribution >= 4 is 5.78 Å². The summed E-state index contributed by atoms with van der Waals surface area (Å²) in [5, 5.41) is 3.49. The Hall–Kier alpha value is -2.16. The summed E-state index contributed by atoms with van der Waals surface area (Å²) in [6.45, 7) is 7.08. The molecule has 1 aromatic rings. The summed E-state index contributed by atoms with van der Waals surface area (Å²) in [6, 6.07) is 5.75. The van der Waals surface area contributed by atoms with Gasteiger partial charge in [-0.1, -0.05) is 45.4 Å². The first-order chi connectivity index (χ1) is 14.5. The molecule has 2 nitrogen and oxygen atoms in total. The minimum atomic E-state index is -0.0573. The van der Waals surface area contributed by atoms with Crippen molar-refractivity contribution in [3.8, 4) is 0 Å². The van der Waals surface area contributed by atoms with Gasteiger partial charge in [0.15, 0.2) is 5.78 Å². The van der Waals surface area contributed by atoms with Crippen LogP contribution < -0.4 is 5.32 Å². The molecule has 1 aliphatic heterocycles. The van der Waals surface area contributed by atoms with Gasteiger partial charge < -0.3 is 5.32 Å². The molecular formula is C27H34FNO. The number of dihydropyridines is 1. The van der Waals surface area contributed by atoms with Gasteiger partial charge in [0.2, 0.25) is 0 Å². The van der Waals surface area contributed by atoms with Crippen LogP contribution >= 0.6 is 0 Å². The lowest BCUT2D eigenvalue weighted by molar-refractivity contribution is -0.121. The van der Waals surface area contributed by atoms with E-state index in [1.54, 1.807) is 6.07 Å². The standard InChI is InChI=1S/C27H34FNO/c1-4-18(27(30)19-6-5-7-19)13-24-11-10-22(16-29-24)25-14-23(25)12-21-9-8-20(17(2)3)15-26(21)28/h8-11,13,15,17,19,23,25,29H,4-7,12,14,16H2,1-3H3/b18-13+. The average Bonchev–Trinajstić information content (AvgIpc) is 3.45. The molecule has 0 spiro atoms. The van der Waals surface area contributed by atoms with Crippen LogP contribution in [0.1, 0.15) is 69.9 Å². The molecule has 0 amide bonds. The Morgan fingerprint density at radius 3 is 2.63 bits per heavy atom. The molecule has 160 valence electrons. The third-order valence-corrected chi connectivity index (χ3v) is 7.10. The molecule has 2 fully saturated rings. The smallest absolute Gasteiger partial charge is 0.161 e. The van der Waals surface area contributed by atoms with Gasteiger partial charge in [-0.15, -0.1) is 0 Å². The number of ketones is 1. The first-order valence-electron chi connectivity index (χ1n) is 11.6. The van der Waals surface area contributed by atoms with E-state index in [1.165, 1.54) is 12.0 Å². The van der Waals surface area contributed by atoms with E-state index in [0.717, 1.165) is 61.0 Å². The number of allylic oxidation sites excluding steroid dienone is 4. The van der Waals surface area contributed by atoms with Crippen molar-refractivity contribution in [1.29, 1.82) is 0 Å². The summed E-state index contributed by atoms with van der Waals surface area (Å²) in [7, 11) is 0. The second kappa shape index (κ2) is 8.91. The van der Waals surface area contributed by atoms with Crippen molar-refractivity contribution in [2.75, 3.05) is 6.54 Å². The zero-order chi connectivity index (χ0) is 21.3. The fourth-order valence-corrected chi connectivity index (χ4v) is 4.64. The van der Waals surface area contributed by atoms with E-state index >= 15 is 0 Å². The first-order valence-corrected chi connectivity index (χ1v) is 11.6. The minimum Gasteiger partial charge on any atom is -0.381 e. The van der Waals surface area contributed by atoms with Gasteiger partial charge in [-0.05, 0) is 90.3 Å². The van der Waals surface area contributed by atoms with Crippen molar-refractivity contribution in [1.82, 2.24) is 5.32 Å². The average molecular weight is 408 g/mol. The lowest BCUT2D eigenvalue weighted by atomic mass is 9.79. The van der Waals surface area contributed by atoms with E-state index in [2.05, 4.69) is 44.3 Å². The molecule has 1 aromatic carbocycles. The van der Waals surface area contributed by atoms with Gasteiger partial charge in [0.1, 0.15) is 5.82 Å². The molecule has 3 heteroatoms. The third-order valence-electron chi connectivity index (χ3n) is 7.10. The molecule has 0 aromatic heterocycles. The quantitative estimate of drug-likeness (QED) is 0.516. The Balaban J connectivity index is 1.36. The topological polar surface area (TPSA) is 29.1 Å². The predicted octanol–water partition coefficient (Wildman–Crippen LogP) is 6.25. The van der Waals surface area contributed by atoms with Crippen LogP contribution in [0.5, 0.6) is 0 Å². The van der Waals surface area contributed by atoms with Gasteiger partial charge in [-0.25, -0.2) is 4.39 Å². The van der Waals surface area contributed by atoms with Crippen molar-refractivity contribution < 1.29 is 9.18 Å². The number of benzene rings is 1. The first kappa shape index (κ1) is 21.1. The zero-order valence-corrected chi connectivity index (χ0v) is 18.5. The Bertz CT molecular complexity index is 903. The molecule has 2 aliphatic carbocycles. The molecule has 4 rings (SSSR count). The fraction of sp³-hybridized carbons (Fsp3) is 0.519. The molecule has 2 saturated carbocycles. The highest BCUT2D eigenvalue weighted by Crippen LogP contribution is 2.47. The molecule has 0 saturated heterocycles. The number of carbonyl (C=O) groups is 1. The van der Waals surface area contributed by atoms with E-state index in [-0.39, 0.29) is 11.7 Å². The van der Waals surface area contributed by atoms with Crippen molar-refractivity contribution in [2.24, 2.45) is 17.8 Å². The number of rotatable bonds is 8. The number of nitrogens with one attached hydrogen (secondary N) is 1. The number of Topliss-reactive ketones (excluding diaryl/α,β-unsaturated/α-hetero) is 1. The Morgan fingerprint density at radius 1 is 1.27 bits per heavy atom. The van der Waals surface area contributed by atoms with Crippen molar-refractivity contribution in [3.05, 3.63) is 70.2 Å². The van der Waals surface area contributed by atoms with Gasteiger partial charge in [0.25, 0.3) is 0 Å². The van der Waals surface area contributed by atoms with Crippen molar-refractivity contribution in [2.45, 2.75) is 65.2 Å². The van der Waals surface area contributed by atoms with Crippen LogP contribution in [-0.2, 0) is 11.2 Å². The fourth-order valence-electron chi connectivity index (χ4n) is 4.64. The second-order valence-electron chi connectivity index (χ2n) is 9.54. The Morgan fingerprint density at radius 2 is 2.07 bits per heavy atom. The SMILES string of the molecule is CC/C(=C\C1=CC=C(C2CC2Cc2ccc(C(C)C)cc2F)CN1)C(=O)C1CCC1. The summed E-state index contributed by atoms with van der Waals surface area (Å²) in [5.74, 6) is 1.98. The summed E-state index contributed by atoms with van der Waals surface area (Å²) >= 11 is 0. The molecule has 1 N–H and O–H groups in total. The lowest BCUT2D eigenvalue weighted by Crippen LogP contribution is -2.25. The maximum Gasteiger partial charge on any atom is 0.161 e. The maximum atomic E-state index is 14.5. The molecule has 0 bridgehead atoms. The van der Waals surface area contributed by atoms with Crippen LogP contribution in [0, 0.1) is 23.6 Å². The van der Waals surface area contributed by atoms with E-state index in [1.807, 2.05) is 12.1 Å². The minimum absolute atomic E-state index is 0.0573. The van der Waals surface area contributed by atoms with E-state index in [0.29, 0.717) is 23.5 Å². The molecule has 3 aliphatic rings. The van der Waals surface area contributed by atoms with E-state index in [4.69, 9.17) is 0 Å². The number of hydrogen-bond acceptors (Lipinski definition) is 2. The lowest BCUT2D eigenvalue weighted by Gasteiger charge is -2.25. The Kier molecular flexibility index (Phi) is 6.26. The van der Waals surface area contributed by atoms with Gasteiger partial charge in [0, 0.05) is 18.2 Å². The highest BCUT2D eigenvalue weighted by Gasteiger charge is 2.40. The van der Waals surface area contributed by atoms with E-state index in [9.17, 15) is 9.18 Å². The van der Waals surface area contributed by atoms with Gasteiger partial charge in [-0.2, -0.15) is 0 Å².